The van der Waals surface area contributed by atoms with Crippen LogP contribution in [0.3, 0.4) is 0 Å². The minimum Gasteiger partial charge on any atom is -0.350 e. The largest absolute Gasteiger partial charge is 0.350 e. The van der Waals surface area contributed by atoms with Crippen molar-refractivity contribution in [3.8, 4) is 0 Å². The first-order valence-corrected chi connectivity index (χ1v) is 6.04. The Bertz CT molecular complexity index is 578. The number of carbonyl (C=O) groups excluding carboxylic acids is 1. The Balaban J connectivity index is 2.57. The quantitative estimate of drug-likeness (QED) is 0.791. The van der Waals surface area contributed by atoms with Crippen molar-refractivity contribution in [1.29, 1.82) is 0 Å². The summed E-state index contributed by atoms with van der Waals surface area (Å²) in [7, 11) is 2.08. The van der Waals surface area contributed by atoms with Gasteiger partial charge in [0, 0.05) is 25.1 Å². The van der Waals surface area contributed by atoms with Crippen LogP contribution in [-0.2, 0) is 18.3 Å². The summed E-state index contributed by atoms with van der Waals surface area (Å²) in [4.78, 5) is 11.1. The maximum absolute atomic E-state index is 11.1. The first-order valence-electron chi connectivity index (χ1n) is 6.04. The zero-order valence-electron chi connectivity index (χ0n) is 11.0. The average molecular weight is 229 g/mol. The van der Waals surface area contributed by atoms with Crippen molar-refractivity contribution in [3.63, 3.8) is 0 Å². The number of benzene rings is 1. The topological polar surface area (TPSA) is 22.0 Å². The first-order chi connectivity index (χ1) is 8.00. The molecule has 1 heterocycles. The van der Waals surface area contributed by atoms with Crippen molar-refractivity contribution in [3.05, 3.63) is 35.0 Å². The fraction of sp³-hybridized carbons (Fsp3) is 0.400. The third-order valence-electron chi connectivity index (χ3n) is 3.36. The summed E-state index contributed by atoms with van der Waals surface area (Å²) < 4.78 is 2.17. The number of hydrogen-bond acceptors (Lipinski definition) is 1. The summed E-state index contributed by atoms with van der Waals surface area (Å²) >= 11 is 0. The lowest BCUT2D eigenvalue weighted by molar-refractivity contribution is -0.116. The molecule has 0 saturated carbocycles. The Hall–Kier alpha value is -1.57. The van der Waals surface area contributed by atoms with Gasteiger partial charge >= 0.3 is 0 Å². The number of hydrogen-bond donors (Lipinski definition) is 0. The molecule has 2 rings (SSSR count). The second-order valence-corrected chi connectivity index (χ2v) is 4.89. The lowest BCUT2D eigenvalue weighted by atomic mass is 10.0. The zero-order valence-corrected chi connectivity index (χ0v) is 11.0. The molecule has 0 aliphatic heterocycles. The second-order valence-electron chi connectivity index (χ2n) is 4.89. The molecule has 1 aromatic heterocycles. The van der Waals surface area contributed by atoms with Crippen molar-refractivity contribution in [2.75, 3.05) is 0 Å². The van der Waals surface area contributed by atoms with Gasteiger partial charge in [-0.15, -0.1) is 0 Å². The highest BCUT2D eigenvalue weighted by molar-refractivity contribution is 5.90. The van der Waals surface area contributed by atoms with E-state index in [-0.39, 0.29) is 5.78 Å². The van der Waals surface area contributed by atoms with Gasteiger partial charge in [-0.25, -0.2) is 0 Å². The Morgan fingerprint density at radius 3 is 2.53 bits per heavy atom. The standard InChI is InChI=1S/C15H19NO/c1-10-5-6-11(2)15-14(10)13(9-16(15)4)8-7-12(3)17/h5-6,9H,7-8H2,1-4H3. The number of aromatic nitrogens is 1. The number of fused-ring (bicyclic) bond motifs is 1. The molecular formula is C15H19NO. The molecule has 0 fully saturated rings. The molecule has 0 aliphatic carbocycles. The number of rotatable bonds is 3. The molecule has 0 unspecified atom stereocenters. The number of ketones is 1. The molecule has 2 nitrogen and oxygen atoms in total. The third-order valence-corrected chi connectivity index (χ3v) is 3.36. The van der Waals surface area contributed by atoms with E-state index in [1.54, 1.807) is 6.92 Å². The zero-order chi connectivity index (χ0) is 12.6. The van der Waals surface area contributed by atoms with Crippen LogP contribution in [-0.4, -0.2) is 10.4 Å². The molecule has 0 spiro atoms. The van der Waals surface area contributed by atoms with E-state index >= 15 is 0 Å². The van der Waals surface area contributed by atoms with Crippen LogP contribution >= 0.6 is 0 Å². The predicted octanol–water partition coefficient (Wildman–Crippen LogP) is 3.32. The highest BCUT2D eigenvalue weighted by Gasteiger charge is 2.11. The summed E-state index contributed by atoms with van der Waals surface area (Å²) in [6, 6.07) is 4.32. The van der Waals surface area contributed by atoms with E-state index in [9.17, 15) is 4.79 Å². The third kappa shape index (κ3) is 2.12. The van der Waals surface area contributed by atoms with Gasteiger partial charge < -0.3 is 9.36 Å². The van der Waals surface area contributed by atoms with Crippen LogP contribution < -0.4 is 0 Å². The number of Topliss-reactive ketones (excluding diaryl/α,β-unsaturated/α-hetero) is 1. The van der Waals surface area contributed by atoms with E-state index in [1.807, 2.05) is 0 Å². The molecule has 0 saturated heterocycles. The number of carbonyl (C=O) groups is 1. The second kappa shape index (κ2) is 4.36. The summed E-state index contributed by atoms with van der Waals surface area (Å²) in [5.74, 6) is 0.257. The molecular weight excluding hydrogens is 210 g/mol. The monoisotopic (exact) mass is 229 g/mol. The summed E-state index contributed by atoms with van der Waals surface area (Å²) in [6.07, 6.45) is 3.64. The molecule has 0 aliphatic rings. The molecule has 90 valence electrons. The number of aryl methyl sites for hydroxylation is 4. The predicted molar refractivity (Wildman–Crippen MR) is 71.4 cm³/mol. The van der Waals surface area contributed by atoms with Crippen LogP contribution in [0.25, 0.3) is 10.9 Å². The molecule has 17 heavy (non-hydrogen) atoms. The maximum Gasteiger partial charge on any atom is 0.130 e. The fourth-order valence-corrected chi connectivity index (χ4v) is 2.52. The maximum atomic E-state index is 11.1. The fourth-order valence-electron chi connectivity index (χ4n) is 2.52. The smallest absolute Gasteiger partial charge is 0.130 e. The number of nitrogens with zero attached hydrogens (tertiary/aromatic N) is 1. The highest BCUT2D eigenvalue weighted by atomic mass is 16.1. The lowest BCUT2D eigenvalue weighted by Crippen LogP contribution is -1.93. The van der Waals surface area contributed by atoms with Crippen molar-refractivity contribution in [1.82, 2.24) is 4.57 Å². The molecule has 0 bridgehead atoms. The van der Waals surface area contributed by atoms with Crippen LogP contribution in [0.1, 0.15) is 30.0 Å². The van der Waals surface area contributed by atoms with E-state index in [0.717, 1.165) is 6.42 Å². The summed E-state index contributed by atoms with van der Waals surface area (Å²) in [5.41, 5.74) is 5.18. The molecule has 2 heteroatoms. The van der Waals surface area contributed by atoms with Crippen LogP contribution in [0, 0.1) is 13.8 Å². The molecule has 2 aromatic rings. The minimum atomic E-state index is 0.257. The lowest BCUT2D eigenvalue weighted by Gasteiger charge is -2.04. The Morgan fingerprint density at radius 1 is 1.24 bits per heavy atom. The van der Waals surface area contributed by atoms with Gasteiger partial charge in [-0.3, -0.25) is 0 Å². The van der Waals surface area contributed by atoms with Gasteiger partial charge in [-0.05, 0) is 43.9 Å². The molecule has 0 N–H and O–H groups in total. The summed E-state index contributed by atoms with van der Waals surface area (Å²) in [5, 5.41) is 1.33. The van der Waals surface area contributed by atoms with Crippen LogP contribution in [0.15, 0.2) is 18.3 Å². The SMILES string of the molecule is CC(=O)CCc1cn(C)c2c(C)ccc(C)c12. The highest BCUT2D eigenvalue weighted by Crippen LogP contribution is 2.27. The first kappa shape index (κ1) is 11.9. The summed E-state index contributed by atoms with van der Waals surface area (Å²) in [6.45, 7) is 5.93. The average Bonchev–Trinajstić information content (AvgIpc) is 2.59. The Kier molecular flexibility index (Phi) is 3.05. The van der Waals surface area contributed by atoms with Gasteiger partial charge in [0.2, 0.25) is 0 Å². The van der Waals surface area contributed by atoms with Gasteiger partial charge in [-0.2, -0.15) is 0 Å². The van der Waals surface area contributed by atoms with E-state index in [2.05, 4.69) is 43.8 Å². The van der Waals surface area contributed by atoms with E-state index < -0.39 is 0 Å². The van der Waals surface area contributed by atoms with E-state index in [1.165, 1.54) is 27.6 Å². The van der Waals surface area contributed by atoms with Crippen molar-refractivity contribution >= 4 is 16.7 Å². The Morgan fingerprint density at radius 2 is 1.88 bits per heavy atom. The van der Waals surface area contributed by atoms with Crippen molar-refractivity contribution in [2.24, 2.45) is 7.05 Å². The van der Waals surface area contributed by atoms with Crippen LogP contribution in [0.2, 0.25) is 0 Å². The van der Waals surface area contributed by atoms with Gasteiger partial charge in [0.25, 0.3) is 0 Å². The van der Waals surface area contributed by atoms with E-state index in [4.69, 9.17) is 0 Å². The van der Waals surface area contributed by atoms with Crippen molar-refractivity contribution in [2.45, 2.75) is 33.6 Å². The van der Waals surface area contributed by atoms with E-state index in [0.29, 0.717) is 6.42 Å². The Labute approximate surface area is 102 Å². The molecule has 0 radical (unpaired) electrons. The van der Waals surface area contributed by atoms with Crippen molar-refractivity contribution < 1.29 is 4.79 Å². The van der Waals surface area contributed by atoms with Gasteiger partial charge in [0.05, 0.1) is 5.52 Å². The molecule has 0 atom stereocenters. The van der Waals surface area contributed by atoms with Crippen LogP contribution in [0.5, 0.6) is 0 Å². The van der Waals surface area contributed by atoms with Crippen LogP contribution in [0.4, 0.5) is 0 Å². The molecule has 0 amide bonds. The normalized spacial score (nSPS) is 11.1. The van der Waals surface area contributed by atoms with Gasteiger partial charge in [-0.1, -0.05) is 12.1 Å². The molecule has 1 aromatic carbocycles. The minimum absolute atomic E-state index is 0.257. The van der Waals surface area contributed by atoms with Gasteiger partial charge in [0.15, 0.2) is 0 Å². The van der Waals surface area contributed by atoms with Gasteiger partial charge in [0.1, 0.15) is 5.78 Å².